The lowest BCUT2D eigenvalue weighted by atomic mass is 10.3. The first-order chi connectivity index (χ1) is 7.68. The number of carbonyl (C=O) groups is 2. The summed E-state index contributed by atoms with van der Waals surface area (Å²) in [5.41, 5.74) is 0.551. The number of carbonyl (C=O) groups excluding carboxylic acids is 2. The van der Waals surface area contributed by atoms with E-state index in [1.807, 2.05) is 0 Å². The van der Waals surface area contributed by atoms with Crippen LogP contribution in [-0.4, -0.2) is 41.3 Å². The summed E-state index contributed by atoms with van der Waals surface area (Å²) in [7, 11) is 0. The number of rotatable bonds is 1. The van der Waals surface area contributed by atoms with Gasteiger partial charge in [0.2, 0.25) is 11.7 Å². The molecule has 16 heavy (non-hydrogen) atoms. The molecule has 2 heterocycles. The summed E-state index contributed by atoms with van der Waals surface area (Å²) in [6.45, 7) is 2.95. The number of hydrogen-bond donors (Lipinski definition) is 1. The highest BCUT2D eigenvalue weighted by Crippen LogP contribution is 2.10. The number of aryl methyl sites for hydroxylation is 1. The van der Waals surface area contributed by atoms with Gasteiger partial charge in [0.15, 0.2) is 6.39 Å². The maximum Gasteiger partial charge on any atom is 0.292 e. The SMILES string of the molecule is Cc1ncoc1C(=O)N1CCCNC(=O)C1. The van der Waals surface area contributed by atoms with Gasteiger partial charge in [-0.15, -0.1) is 0 Å². The standard InChI is InChI=1S/C10H13N3O3/c1-7-9(16-6-12-7)10(15)13-4-2-3-11-8(14)5-13/h6H,2-5H2,1H3,(H,11,14). The van der Waals surface area contributed by atoms with E-state index in [1.165, 1.54) is 11.3 Å². The number of hydrogen-bond acceptors (Lipinski definition) is 4. The van der Waals surface area contributed by atoms with Crippen molar-refractivity contribution in [1.82, 2.24) is 15.2 Å². The second-order valence-electron chi connectivity index (χ2n) is 3.70. The first-order valence-electron chi connectivity index (χ1n) is 5.14. The van der Waals surface area contributed by atoms with Gasteiger partial charge in [0.1, 0.15) is 0 Å². The van der Waals surface area contributed by atoms with E-state index in [-0.39, 0.29) is 24.1 Å². The highest BCUT2D eigenvalue weighted by atomic mass is 16.3. The molecule has 1 N–H and O–H groups in total. The van der Waals surface area contributed by atoms with Crippen molar-refractivity contribution in [3.63, 3.8) is 0 Å². The quantitative estimate of drug-likeness (QED) is 0.724. The van der Waals surface area contributed by atoms with Crippen molar-refractivity contribution in [2.24, 2.45) is 0 Å². The van der Waals surface area contributed by atoms with Gasteiger partial charge in [0, 0.05) is 13.1 Å². The third kappa shape index (κ3) is 2.05. The Kier molecular flexibility index (Phi) is 2.89. The molecule has 6 nitrogen and oxygen atoms in total. The van der Waals surface area contributed by atoms with Crippen LogP contribution in [0.1, 0.15) is 22.7 Å². The van der Waals surface area contributed by atoms with E-state index in [9.17, 15) is 9.59 Å². The Morgan fingerprint density at radius 2 is 2.44 bits per heavy atom. The number of amides is 2. The van der Waals surface area contributed by atoms with Gasteiger partial charge in [-0.25, -0.2) is 4.98 Å². The second-order valence-corrected chi connectivity index (χ2v) is 3.70. The summed E-state index contributed by atoms with van der Waals surface area (Å²) < 4.78 is 5.02. The predicted octanol–water partition coefficient (Wildman–Crippen LogP) is -0.0549. The van der Waals surface area contributed by atoms with Crippen LogP contribution in [0.2, 0.25) is 0 Å². The predicted molar refractivity (Wildman–Crippen MR) is 54.8 cm³/mol. The van der Waals surface area contributed by atoms with Crippen LogP contribution in [0.25, 0.3) is 0 Å². The van der Waals surface area contributed by atoms with Gasteiger partial charge < -0.3 is 14.6 Å². The lowest BCUT2D eigenvalue weighted by Crippen LogP contribution is -2.37. The molecule has 0 radical (unpaired) electrons. The Morgan fingerprint density at radius 1 is 1.62 bits per heavy atom. The molecule has 2 amide bonds. The highest BCUT2D eigenvalue weighted by Gasteiger charge is 2.24. The Bertz CT molecular complexity index is 413. The zero-order valence-electron chi connectivity index (χ0n) is 9.02. The lowest BCUT2D eigenvalue weighted by Gasteiger charge is -2.17. The van der Waals surface area contributed by atoms with E-state index in [0.29, 0.717) is 18.8 Å². The normalized spacial score (nSPS) is 16.8. The fourth-order valence-electron chi connectivity index (χ4n) is 1.63. The highest BCUT2D eigenvalue weighted by molar-refractivity contribution is 5.95. The summed E-state index contributed by atoms with van der Waals surface area (Å²) in [5.74, 6) is -0.190. The van der Waals surface area contributed by atoms with Gasteiger partial charge in [0.25, 0.3) is 5.91 Å². The van der Waals surface area contributed by atoms with Crippen LogP contribution >= 0.6 is 0 Å². The maximum atomic E-state index is 12.0. The molecule has 1 fully saturated rings. The molecule has 6 heteroatoms. The minimum Gasteiger partial charge on any atom is -0.438 e. The largest absolute Gasteiger partial charge is 0.438 e. The molecule has 0 unspecified atom stereocenters. The Labute approximate surface area is 92.6 Å². The molecule has 0 aliphatic carbocycles. The van der Waals surface area contributed by atoms with E-state index in [2.05, 4.69) is 10.3 Å². The molecule has 86 valence electrons. The van der Waals surface area contributed by atoms with Crippen molar-refractivity contribution in [3.05, 3.63) is 17.8 Å². The average Bonchev–Trinajstić information content (AvgIpc) is 2.55. The minimum atomic E-state index is -0.271. The third-order valence-corrected chi connectivity index (χ3v) is 2.49. The second kappa shape index (κ2) is 4.34. The molecular weight excluding hydrogens is 210 g/mol. The van der Waals surface area contributed by atoms with Crippen LogP contribution in [0.3, 0.4) is 0 Å². The smallest absolute Gasteiger partial charge is 0.292 e. The molecule has 0 atom stereocenters. The molecular formula is C10H13N3O3. The summed E-state index contributed by atoms with van der Waals surface area (Å²) in [6, 6.07) is 0. The van der Waals surface area contributed by atoms with Crippen LogP contribution in [0.5, 0.6) is 0 Å². The van der Waals surface area contributed by atoms with Gasteiger partial charge in [-0.2, -0.15) is 0 Å². The van der Waals surface area contributed by atoms with Crippen molar-refractivity contribution in [2.75, 3.05) is 19.6 Å². The first-order valence-corrected chi connectivity index (χ1v) is 5.14. The van der Waals surface area contributed by atoms with E-state index in [1.54, 1.807) is 6.92 Å². The molecule has 1 aromatic rings. The van der Waals surface area contributed by atoms with E-state index < -0.39 is 0 Å². The topological polar surface area (TPSA) is 75.4 Å². The average molecular weight is 223 g/mol. The zero-order chi connectivity index (χ0) is 11.5. The molecule has 1 aliphatic rings. The van der Waals surface area contributed by atoms with Crippen LogP contribution in [0.4, 0.5) is 0 Å². The Hall–Kier alpha value is -1.85. The van der Waals surface area contributed by atoms with Gasteiger partial charge in [-0.05, 0) is 13.3 Å². The molecule has 2 rings (SSSR count). The number of oxazole rings is 1. The molecule has 1 aliphatic heterocycles. The third-order valence-electron chi connectivity index (χ3n) is 2.49. The van der Waals surface area contributed by atoms with Crippen LogP contribution in [0, 0.1) is 6.92 Å². The molecule has 0 spiro atoms. The summed E-state index contributed by atoms with van der Waals surface area (Å²) in [5, 5.41) is 2.71. The number of nitrogens with one attached hydrogen (secondary N) is 1. The molecule has 0 saturated carbocycles. The summed E-state index contributed by atoms with van der Waals surface area (Å²) in [4.78, 5) is 28.6. The van der Waals surface area contributed by atoms with E-state index in [4.69, 9.17) is 4.42 Å². The van der Waals surface area contributed by atoms with Crippen molar-refractivity contribution in [1.29, 1.82) is 0 Å². The molecule has 0 aromatic carbocycles. The van der Waals surface area contributed by atoms with Gasteiger partial charge in [-0.3, -0.25) is 9.59 Å². The van der Waals surface area contributed by atoms with Crippen LogP contribution in [-0.2, 0) is 4.79 Å². The van der Waals surface area contributed by atoms with Crippen LogP contribution < -0.4 is 5.32 Å². The summed E-state index contributed by atoms with van der Waals surface area (Å²) >= 11 is 0. The monoisotopic (exact) mass is 223 g/mol. The Morgan fingerprint density at radius 3 is 3.12 bits per heavy atom. The van der Waals surface area contributed by atoms with Gasteiger partial charge in [-0.1, -0.05) is 0 Å². The van der Waals surface area contributed by atoms with Crippen LogP contribution in [0.15, 0.2) is 10.8 Å². The summed E-state index contributed by atoms with van der Waals surface area (Å²) in [6.07, 6.45) is 1.99. The van der Waals surface area contributed by atoms with Gasteiger partial charge >= 0.3 is 0 Å². The van der Waals surface area contributed by atoms with E-state index in [0.717, 1.165) is 6.42 Å². The molecule has 0 bridgehead atoms. The number of aromatic nitrogens is 1. The van der Waals surface area contributed by atoms with Crippen molar-refractivity contribution >= 4 is 11.8 Å². The Balaban J connectivity index is 2.15. The minimum absolute atomic E-state index is 0.0823. The zero-order valence-corrected chi connectivity index (χ0v) is 9.02. The van der Waals surface area contributed by atoms with Gasteiger partial charge in [0.05, 0.1) is 12.2 Å². The molecule has 1 aromatic heterocycles. The fourth-order valence-corrected chi connectivity index (χ4v) is 1.63. The number of nitrogens with zero attached hydrogens (tertiary/aromatic N) is 2. The van der Waals surface area contributed by atoms with Crippen molar-refractivity contribution < 1.29 is 14.0 Å². The van der Waals surface area contributed by atoms with Crippen molar-refractivity contribution in [3.8, 4) is 0 Å². The fraction of sp³-hybridized carbons (Fsp3) is 0.500. The molecule has 1 saturated heterocycles. The lowest BCUT2D eigenvalue weighted by molar-refractivity contribution is -0.121. The van der Waals surface area contributed by atoms with E-state index >= 15 is 0 Å². The first kappa shape index (κ1) is 10.7. The maximum absolute atomic E-state index is 12.0. The van der Waals surface area contributed by atoms with Crippen molar-refractivity contribution in [2.45, 2.75) is 13.3 Å².